The van der Waals surface area contributed by atoms with Crippen LogP contribution in [0.1, 0.15) is 39.2 Å². The lowest BCUT2D eigenvalue weighted by Crippen LogP contribution is -2.49. The monoisotopic (exact) mass is 548 g/mol. The molecule has 9 heteroatoms. The van der Waals surface area contributed by atoms with Gasteiger partial charge >= 0.3 is 6.09 Å². The molecule has 0 aliphatic carbocycles. The van der Waals surface area contributed by atoms with E-state index in [0.29, 0.717) is 19.0 Å². The molecule has 0 radical (unpaired) electrons. The molecule has 0 aromatic heterocycles. The molecular formula is C22H37IN4O4. The van der Waals surface area contributed by atoms with E-state index in [-0.39, 0.29) is 29.4 Å². The van der Waals surface area contributed by atoms with Crippen molar-refractivity contribution in [3.8, 4) is 5.75 Å². The number of benzene rings is 1. The van der Waals surface area contributed by atoms with E-state index in [4.69, 9.17) is 14.2 Å². The van der Waals surface area contributed by atoms with Gasteiger partial charge in [0.2, 0.25) is 0 Å². The summed E-state index contributed by atoms with van der Waals surface area (Å²) in [5.41, 5.74) is 0.729. The third-order valence-electron chi connectivity index (χ3n) is 5.06. The van der Waals surface area contributed by atoms with E-state index in [2.05, 4.69) is 33.1 Å². The van der Waals surface area contributed by atoms with Gasteiger partial charge in [-0.25, -0.2) is 4.79 Å². The Morgan fingerprint density at radius 3 is 2.26 bits per heavy atom. The molecule has 2 rings (SSSR count). The van der Waals surface area contributed by atoms with Gasteiger partial charge < -0.3 is 30.2 Å². The molecule has 1 aromatic carbocycles. The predicted molar refractivity (Wildman–Crippen MR) is 134 cm³/mol. The highest BCUT2D eigenvalue weighted by atomic mass is 127. The van der Waals surface area contributed by atoms with Crippen LogP contribution in [-0.2, 0) is 14.9 Å². The maximum atomic E-state index is 11.7. The number of rotatable bonds is 7. The maximum Gasteiger partial charge on any atom is 0.407 e. The number of amides is 1. The number of halogens is 1. The molecular weight excluding hydrogens is 511 g/mol. The number of carbonyl (C=O) groups excluding carboxylic acids is 1. The van der Waals surface area contributed by atoms with Crippen LogP contribution in [0.25, 0.3) is 0 Å². The molecule has 0 spiro atoms. The van der Waals surface area contributed by atoms with Crippen molar-refractivity contribution in [3.05, 3.63) is 29.8 Å². The van der Waals surface area contributed by atoms with E-state index in [9.17, 15) is 4.79 Å². The smallest absolute Gasteiger partial charge is 0.407 e. The predicted octanol–water partition coefficient (Wildman–Crippen LogP) is 3.05. The van der Waals surface area contributed by atoms with Crippen LogP contribution in [0.4, 0.5) is 4.79 Å². The summed E-state index contributed by atoms with van der Waals surface area (Å²) < 4.78 is 16.1. The van der Waals surface area contributed by atoms with E-state index in [1.165, 1.54) is 5.56 Å². The van der Waals surface area contributed by atoms with Crippen LogP contribution in [0.5, 0.6) is 5.75 Å². The van der Waals surface area contributed by atoms with Crippen LogP contribution in [0.2, 0.25) is 0 Å². The number of hydrogen-bond donors (Lipinski definition) is 3. The molecule has 1 aliphatic rings. The van der Waals surface area contributed by atoms with Crippen molar-refractivity contribution in [2.24, 2.45) is 4.99 Å². The van der Waals surface area contributed by atoms with Crippen LogP contribution < -0.4 is 20.7 Å². The zero-order chi connectivity index (χ0) is 22.0. The van der Waals surface area contributed by atoms with Gasteiger partial charge in [0.1, 0.15) is 11.4 Å². The van der Waals surface area contributed by atoms with Gasteiger partial charge in [0.25, 0.3) is 0 Å². The summed E-state index contributed by atoms with van der Waals surface area (Å²) in [4.78, 5) is 16.0. The van der Waals surface area contributed by atoms with E-state index < -0.39 is 11.7 Å². The van der Waals surface area contributed by atoms with Gasteiger partial charge in [-0.2, -0.15) is 0 Å². The van der Waals surface area contributed by atoms with E-state index in [1.807, 2.05) is 32.9 Å². The third-order valence-corrected chi connectivity index (χ3v) is 5.06. The second-order valence-electron chi connectivity index (χ2n) is 8.40. The summed E-state index contributed by atoms with van der Waals surface area (Å²) >= 11 is 0. The van der Waals surface area contributed by atoms with Gasteiger partial charge in [-0.15, -0.1) is 24.0 Å². The van der Waals surface area contributed by atoms with Gasteiger partial charge in [0, 0.05) is 45.3 Å². The minimum Gasteiger partial charge on any atom is -0.497 e. The number of ether oxygens (including phenoxy) is 3. The molecule has 31 heavy (non-hydrogen) atoms. The molecule has 0 saturated carbocycles. The number of methoxy groups -OCH3 is 1. The Balaban J connectivity index is 0.00000480. The fourth-order valence-corrected chi connectivity index (χ4v) is 3.41. The van der Waals surface area contributed by atoms with Crippen molar-refractivity contribution in [2.45, 2.75) is 44.6 Å². The average Bonchev–Trinajstić information content (AvgIpc) is 2.72. The van der Waals surface area contributed by atoms with E-state index in [0.717, 1.165) is 38.3 Å². The van der Waals surface area contributed by atoms with Crippen molar-refractivity contribution in [1.82, 2.24) is 16.0 Å². The van der Waals surface area contributed by atoms with Crippen molar-refractivity contribution in [2.75, 3.05) is 47.0 Å². The molecule has 3 N–H and O–H groups in total. The highest BCUT2D eigenvalue weighted by Crippen LogP contribution is 2.35. The molecule has 1 heterocycles. The lowest BCUT2D eigenvalue weighted by molar-refractivity contribution is 0.0513. The zero-order valence-corrected chi connectivity index (χ0v) is 21.6. The Hall–Kier alpha value is -1.75. The fraction of sp³-hybridized carbons (Fsp3) is 0.636. The Labute approximate surface area is 202 Å². The fourth-order valence-electron chi connectivity index (χ4n) is 3.41. The number of hydrogen-bond acceptors (Lipinski definition) is 5. The van der Waals surface area contributed by atoms with Crippen LogP contribution in [0.3, 0.4) is 0 Å². The number of aliphatic imine (C=N–C) groups is 1. The molecule has 1 aromatic rings. The van der Waals surface area contributed by atoms with Gasteiger partial charge in [0.15, 0.2) is 5.96 Å². The number of carbonyl (C=O) groups is 1. The molecule has 0 unspecified atom stereocenters. The molecule has 1 fully saturated rings. The second-order valence-corrected chi connectivity index (χ2v) is 8.40. The normalized spacial score (nSPS) is 16.0. The molecule has 1 aliphatic heterocycles. The largest absolute Gasteiger partial charge is 0.497 e. The van der Waals surface area contributed by atoms with Gasteiger partial charge in [-0.1, -0.05) is 12.1 Å². The van der Waals surface area contributed by atoms with Crippen LogP contribution in [0.15, 0.2) is 29.3 Å². The molecule has 0 bridgehead atoms. The van der Waals surface area contributed by atoms with Crippen molar-refractivity contribution >= 4 is 36.0 Å². The minimum absolute atomic E-state index is 0. The Morgan fingerprint density at radius 2 is 1.71 bits per heavy atom. The molecule has 1 amide bonds. The van der Waals surface area contributed by atoms with Gasteiger partial charge in [-0.05, 0) is 51.3 Å². The summed E-state index contributed by atoms with van der Waals surface area (Å²) in [6.07, 6.45) is 1.44. The van der Waals surface area contributed by atoms with Crippen molar-refractivity contribution in [3.63, 3.8) is 0 Å². The zero-order valence-electron chi connectivity index (χ0n) is 19.2. The average molecular weight is 548 g/mol. The number of guanidine groups is 1. The molecule has 0 atom stereocenters. The summed E-state index contributed by atoms with van der Waals surface area (Å²) in [6, 6.07) is 8.27. The number of nitrogens with zero attached hydrogens (tertiary/aromatic N) is 1. The minimum atomic E-state index is -0.505. The first-order chi connectivity index (χ1) is 14.3. The molecule has 1 saturated heterocycles. The second kappa shape index (κ2) is 12.9. The van der Waals surface area contributed by atoms with E-state index >= 15 is 0 Å². The number of alkyl carbamates (subject to hydrolysis) is 1. The third kappa shape index (κ3) is 9.10. The molecule has 8 nitrogen and oxygen atoms in total. The maximum absolute atomic E-state index is 11.7. The topological polar surface area (TPSA) is 93.2 Å². The van der Waals surface area contributed by atoms with Crippen molar-refractivity contribution in [1.29, 1.82) is 0 Å². The molecule has 176 valence electrons. The Kier molecular flexibility index (Phi) is 11.4. The first-order valence-electron chi connectivity index (χ1n) is 10.4. The summed E-state index contributed by atoms with van der Waals surface area (Å²) in [7, 11) is 3.41. The number of nitrogens with one attached hydrogen (secondary N) is 3. The lowest BCUT2D eigenvalue weighted by atomic mass is 9.74. The summed E-state index contributed by atoms with van der Waals surface area (Å²) in [6.45, 7) is 8.70. The Bertz CT molecular complexity index is 698. The standard InChI is InChI=1S/C22H36N4O4.HI/c1-21(2,3)30-20(27)25-13-12-24-19(23-4)26-16-22(10-14-29-15-11-22)17-6-8-18(28-5)9-7-17;/h6-9H,10-16H2,1-5H3,(H,25,27)(H2,23,24,26);1H. The summed E-state index contributed by atoms with van der Waals surface area (Å²) in [5.74, 6) is 1.55. The Morgan fingerprint density at radius 1 is 1.10 bits per heavy atom. The lowest BCUT2D eigenvalue weighted by Gasteiger charge is -2.38. The first-order valence-corrected chi connectivity index (χ1v) is 10.4. The van der Waals surface area contributed by atoms with Crippen LogP contribution >= 0.6 is 24.0 Å². The van der Waals surface area contributed by atoms with E-state index in [1.54, 1.807) is 14.2 Å². The SMILES string of the molecule is CN=C(NCCNC(=O)OC(C)(C)C)NCC1(c2ccc(OC)cc2)CCOCC1.I. The first kappa shape index (κ1) is 27.3. The van der Waals surface area contributed by atoms with Crippen molar-refractivity contribution < 1.29 is 19.0 Å². The quantitative estimate of drug-likeness (QED) is 0.210. The summed E-state index contributed by atoms with van der Waals surface area (Å²) in [5, 5.41) is 9.41. The van der Waals surface area contributed by atoms with Crippen LogP contribution in [0, 0.1) is 0 Å². The van der Waals surface area contributed by atoms with Gasteiger partial charge in [-0.3, -0.25) is 4.99 Å². The highest BCUT2D eigenvalue weighted by Gasteiger charge is 2.34. The van der Waals surface area contributed by atoms with Gasteiger partial charge in [0.05, 0.1) is 7.11 Å². The highest BCUT2D eigenvalue weighted by molar-refractivity contribution is 14.0. The van der Waals surface area contributed by atoms with Crippen LogP contribution in [-0.4, -0.2) is 64.7 Å².